The Labute approximate surface area is 200 Å². The van der Waals surface area contributed by atoms with Crippen molar-refractivity contribution in [2.24, 2.45) is 7.05 Å². The van der Waals surface area contributed by atoms with Gasteiger partial charge in [-0.3, -0.25) is 0 Å². The molecule has 2 heterocycles. The van der Waals surface area contributed by atoms with E-state index in [4.69, 9.17) is 9.31 Å². The van der Waals surface area contributed by atoms with Crippen LogP contribution in [0.25, 0.3) is 38.4 Å². The van der Waals surface area contributed by atoms with Gasteiger partial charge in [-0.25, -0.2) is 4.85 Å². The Kier molecular flexibility index (Phi) is 4.35. The molecule has 0 unspecified atom stereocenters. The minimum atomic E-state index is -2.30. The molecule has 1 aromatic heterocycles. The summed E-state index contributed by atoms with van der Waals surface area (Å²) in [6.07, 6.45) is 0. The number of hydrogen-bond donors (Lipinski definition) is 0. The van der Waals surface area contributed by atoms with E-state index in [1.807, 2.05) is 49.7 Å². The Morgan fingerprint density at radius 3 is 2.15 bits per heavy atom. The van der Waals surface area contributed by atoms with Crippen molar-refractivity contribution in [2.45, 2.75) is 33.9 Å². The van der Waals surface area contributed by atoms with Crippen molar-refractivity contribution in [1.82, 2.24) is 0 Å². The summed E-state index contributed by atoms with van der Waals surface area (Å²) in [5.74, 6) is 0. The molecular formula is C30H29N2Si+. The summed E-state index contributed by atoms with van der Waals surface area (Å²) in [5, 5.41) is 2.63. The highest BCUT2D eigenvalue weighted by molar-refractivity contribution is 7.05. The number of rotatable bonds is 2. The highest BCUT2D eigenvalue weighted by Gasteiger charge is 2.43. The van der Waals surface area contributed by atoms with Gasteiger partial charge in [-0.2, -0.15) is 4.57 Å². The lowest BCUT2D eigenvalue weighted by Crippen LogP contribution is -2.52. The van der Waals surface area contributed by atoms with Gasteiger partial charge in [0.2, 0.25) is 5.69 Å². The van der Waals surface area contributed by atoms with Crippen LogP contribution in [0.5, 0.6) is 0 Å². The van der Waals surface area contributed by atoms with Crippen LogP contribution in [0.4, 0.5) is 5.69 Å². The predicted molar refractivity (Wildman–Crippen MR) is 141 cm³/mol. The van der Waals surface area contributed by atoms with Crippen molar-refractivity contribution in [3.8, 4) is 33.5 Å². The molecule has 1 aliphatic rings. The van der Waals surface area contributed by atoms with E-state index in [0.717, 1.165) is 33.6 Å². The van der Waals surface area contributed by atoms with Crippen LogP contribution in [0.3, 0.4) is 0 Å². The van der Waals surface area contributed by atoms with Crippen LogP contribution in [0.2, 0.25) is 13.1 Å². The van der Waals surface area contributed by atoms with Crippen LogP contribution >= 0.6 is 0 Å². The highest BCUT2D eigenvalue weighted by Crippen LogP contribution is 2.41. The SMILES string of the molecule is [2H]c1c(C)c([2H])c(-c2c(C)ccc3c2[Si](C)(C)c2c-3ccc([N+]#[C-])c2-c2ccccc2)[n+](C)c1C. The van der Waals surface area contributed by atoms with Crippen LogP contribution in [-0.4, -0.2) is 8.07 Å². The second-order valence-corrected chi connectivity index (χ2v) is 13.8. The molecule has 0 saturated heterocycles. The van der Waals surface area contributed by atoms with Gasteiger partial charge >= 0.3 is 0 Å². The molecule has 3 aromatic carbocycles. The first-order chi connectivity index (χ1) is 16.6. The van der Waals surface area contributed by atoms with Gasteiger partial charge in [-0.05, 0) is 57.6 Å². The Balaban J connectivity index is 1.92. The Hall–Kier alpha value is -3.48. The maximum Gasteiger partial charge on any atom is 0.212 e. The molecule has 33 heavy (non-hydrogen) atoms. The topological polar surface area (TPSA) is 8.24 Å². The summed E-state index contributed by atoms with van der Waals surface area (Å²) in [7, 11) is -0.322. The average Bonchev–Trinajstić information content (AvgIpc) is 3.09. The number of fused-ring (bicyclic) bond motifs is 3. The molecular weight excluding hydrogens is 416 g/mol. The van der Waals surface area contributed by atoms with E-state index in [1.165, 1.54) is 21.5 Å². The van der Waals surface area contributed by atoms with Gasteiger partial charge in [-0.1, -0.05) is 67.7 Å². The molecule has 4 aromatic rings. The summed E-state index contributed by atoms with van der Waals surface area (Å²) < 4.78 is 19.5. The van der Waals surface area contributed by atoms with Crippen molar-refractivity contribution in [3.63, 3.8) is 0 Å². The van der Waals surface area contributed by atoms with Crippen molar-refractivity contribution in [2.75, 3.05) is 0 Å². The summed E-state index contributed by atoms with van der Waals surface area (Å²) >= 11 is 0. The first kappa shape index (κ1) is 19.0. The van der Waals surface area contributed by atoms with Gasteiger partial charge in [0.15, 0.2) is 11.4 Å². The molecule has 1 aliphatic heterocycles. The largest absolute Gasteiger partial charge is 0.238 e. The molecule has 0 radical (unpaired) electrons. The Bertz CT molecular complexity index is 1550. The van der Waals surface area contributed by atoms with E-state index in [-0.39, 0.29) is 0 Å². The molecule has 0 amide bonds. The van der Waals surface area contributed by atoms with E-state index in [0.29, 0.717) is 23.3 Å². The predicted octanol–water partition coefficient (Wildman–Crippen LogP) is 6.12. The molecule has 0 N–H and O–H groups in total. The van der Waals surface area contributed by atoms with Gasteiger partial charge in [0.1, 0.15) is 15.1 Å². The standard InChI is InChI=1S/C30H29N2Si/c1-19-17-21(3)32(5)26(18-19)27-20(2)13-14-23-24-15-16-25(31-4)28(22-11-9-8-10-12-22)30(24)33(6,7)29(23)27/h8-18H,1-3,5-7H3/q+1/i17D,18D. The fourth-order valence-electron chi connectivity index (χ4n) is 5.51. The second-order valence-electron chi connectivity index (χ2n) is 9.53. The van der Waals surface area contributed by atoms with Gasteiger partial charge < -0.3 is 0 Å². The van der Waals surface area contributed by atoms with Crippen molar-refractivity contribution in [1.29, 1.82) is 0 Å². The zero-order chi connectivity index (χ0) is 25.2. The number of hydrogen-bond acceptors (Lipinski definition) is 0. The van der Waals surface area contributed by atoms with Crippen LogP contribution in [0.15, 0.2) is 66.7 Å². The van der Waals surface area contributed by atoms with Crippen LogP contribution in [-0.2, 0) is 7.05 Å². The smallest absolute Gasteiger partial charge is 0.212 e. The van der Waals surface area contributed by atoms with Crippen LogP contribution < -0.4 is 14.9 Å². The first-order valence-electron chi connectivity index (χ1n) is 12.3. The van der Waals surface area contributed by atoms with Crippen molar-refractivity contribution in [3.05, 3.63) is 94.9 Å². The molecule has 0 spiro atoms. The zero-order valence-corrected chi connectivity index (χ0v) is 21.1. The third kappa shape index (κ3) is 3.09. The maximum absolute atomic E-state index is 9.04. The third-order valence-corrected chi connectivity index (χ3v) is 10.6. The van der Waals surface area contributed by atoms with Crippen LogP contribution in [0.1, 0.15) is 19.6 Å². The second kappa shape index (κ2) is 7.54. The summed E-state index contributed by atoms with van der Waals surface area (Å²) in [6.45, 7) is 18.6. The molecule has 0 aliphatic carbocycles. The van der Waals surface area contributed by atoms with E-state index in [1.54, 1.807) is 0 Å². The van der Waals surface area contributed by atoms with Gasteiger partial charge in [-0.15, -0.1) is 0 Å². The fourth-order valence-corrected chi connectivity index (χ4v) is 9.38. The van der Waals surface area contributed by atoms with E-state index in [2.05, 4.69) is 55.2 Å². The lowest BCUT2D eigenvalue weighted by atomic mass is 9.94. The maximum atomic E-state index is 9.04. The normalized spacial score (nSPS) is 14.2. The Morgan fingerprint density at radius 1 is 0.848 bits per heavy atom. The summed E-state index contributed by atoms with van der Waals surface area (Å²) in [6, 6.07) is 19.6. The minimum Gasteiger partial charge on any atom is -0.238 e. The monoisotopic (exact) mass is 447 g/mol. The third-order valence-electron chi connectivity index (χ3n) is 7.07. The highest BCUT2D eigenvalue weighted by atomic mass is 28.3. The minimum absolute atomic E-state index is 0.422. The van der Waals surface area contributed by atoms with Gasteiger partial charge in [0.25, 0.3) is 0 Å². The van der Waals surface area contributed by atoms with Crippen LogP contribution in [0, 0.1) is 27.3 Å². The number of pyridine rings is 1. The fraction of sp³-hybridized carbons (Fsp3) is 0.200. The number of aromatic nitrogens is 1. The summed E-state index contributed by atoms with van der Waals surface area (Å²) in [4.78, 5) is 3.93. The molecule has 0 saturated carbocycles. The van der Waals surface area contributed by atoms with Crippen molar-refractivity contribution < 1.29 is 7.31 Å². The first-order valence-corrected chi connectivity index (χ1v) is 14.3. The van der Waals surface area contributed by atoms with Crippen molar-refractivity contribution >= 4 is 24.1 Å². The average molecular weight is 448 g/mol. The molecule has 162 valence electrons. The Morgan fingerprint density at radius 2 is 1.48 bits per heavy atom. The van der Waals surface area contributed by atoms with E-state index in [9.17, 15) is 0 Å². The molecule has 0 bridgehead atoms. The lowest BCUT2D eigenvalue weighted by molar-refractivity contribution is -0.666. The van der Waals surface area contributed by atoms with E-state index < -0.39 is 8.07 Å². The summed E-state index contributed by atoms with van der Waals surface area (Å²) in [5.41, 5.74) is 9.98. The zero-order valence-electron chi connectivity index (χ0n) is 22.1. The number of nitrogens with zero attached hydrogens (tertiary/aromatic N) is 2. The molecule has 3 heteroatoms. The quantitative estimate of drug-likeness (QED) is 0.199. The lowest BCUT2D eigenvalue weighted by Gasteiger charge is -2.25. The molecule has 0 fully saturated rings. The molecule has 2 nitrogen and oxygen atoms in total. The van der Waals surface area contributed by atoms with Gasteiger partial charge in [0.05, 0.1) is 9.31 Å². The van der Waals surface area contributed by atoms with E-state index >= 15 is 0 Å². The molecule has 0 atom stereocenters. The number of aryl methyl sites for hydroxylation is 1. The van der Waals surface area contributed by atoms with Gasteiger partial charge in [0, 0.05) is 24.6 Å². The molecule has 5 rings (SSSR count). The number of benzene rings is 3.